The Balaban J connectivity index is 3.44. The van der Waals surface area contributed by atoms with Gasteiger partial charge in [-0.1, -0.05) is 0 Å². The van der Waals surface area contributed by atoms with Gasteiger partial charge in [0.15, 0.2) is 11.4 Å². The molecule has 1 aromatic rings. The van der Waals surface area contributed by atoms with E-state index in [-0.39, 0.29) is 23.1 Å². The van der Waals surface area contributed by atoms with Gasteiger partial charge in [0, 0.05) is 0 Å². The van der Waals surface area contributed by atoms with Gasteiger partial charge in [0.1, 0.15) is 0 Å². The predicted octanol–water partition coefficient (Wildman–Crippen LogP) is -0.990. The van der Waals surface area contributed by atoms with E-state index in [1.165, 1.54) is 0 Å². The number of hydrogen-bond acceptors (Lipinski definition) is 5. The van der Waals surface area contributed by atoms with Crippen molar-refractivity contribution in [3.05, 3.63) is 0 Å². The van der Waals surface area contributed by atoms with Gasteiger partial charge < -0.3 is 27.1 Å². The van der Waals surface area contributed by atoms with Gasteiger partial charge in [0.2, 0.25) is 0 Å². The van der Waals surface area contributed by atoms with Crippen molar-refractivity contribution >= 4 is 23.1 Å². The summed E-state index contributed by atoms with van der Waals surface area (Å²) in [4.78, 5) is 0. The maximum atomic E-state index is 5.35. The highest BCUT2D eigenvalue weighted by molar-refractivity contribution is 5.82. The molecular weight excluding hydrogens is 134 g/mol. The highest BCUT2D eigenvalue weighted by Crippen LogP contribution is 2.34. The summed E-state index contributed by atoms with van der Waals surface area (Å²) in [6.45, 7) is 0. The highest BCUT2D eigenvalue weighted by atomic mass is 16.7. The van der Waals surface area contributed by atoms with Crippen LogP contribution in [-0.4, -0.2) is 0 Å². The van der Waals surface area contributed by atoms with Crippen LogP contribution in [0.15, 0.2) is 4.15 Å². The lowest BCUT2D eigenvalue weighted by Crippen LogP contribution is -2.01. The summed E-state index contributed by atoms with van der Waals surface area (Å²) in [7, 11) is 0. The molecule has 0 aliphatic rings. The lowest BCUT2D eigenvalue weighted by atomic mass is 10.4. The second-order valence-corrected chi connectivity index (χ2v) is 1.89. The van der Waals surface area contributed by atoms with Gasteiger partial charge in [-0.2, -0.15) is 5.90 Å². The summed E-state index contributed by atoms with van der Waals surface area (Å²) >= 11 is 0. The highest BCUT2D eigenvalue weighted by Gasteiger charge is 2.22. The van der Waals surface area contributed by atoms with Crippen LogP contribution < -0.4 is 28.8 Å². The van der Waals surface area contributed by atoms with Crippen LogP contribution in [0.2, 0.25) is 0 Å². The topological polar surface area (TPSA) is 133 Å². The molecule has 0 bridgehead atoms. The van der Waals surface area contributed by atoms with Crippen molar-refractivity contribution in [3.8, 4) is 0 Å². The average Bonchev–Trinajstić information content (AvgIpc) is 2.07. The summed E-state index contributed by atoms with van der Waals surface area (Å²) < 4.78 is 1.82. The van der Waals surface area contributed by atoms with Gasteiger partial charge in [-0.3, -0.25) is 0 Å². The van der Waals surface area contributed by atoms with Crippen LogP contribution in [-0.2, 0) is 0 Å². The summed E-state index contributed by atoms with van der Waals surface area (Å²) in [5.41, 5.74) is 21.7. The van der Waals surface area contributed by atoms with E-state index in [1.54, 1.807) is 0 Å². The maximum Gasteiger partial charge on any atom is 0.395 e. The molecular formula is C4H10N5O+. The van der Waals surface area contributed by atoms with Gasteiger partial charge in [-0.25, -0.2) is 0 Å². The van der Waals surface area contributed by atoms with Crippen molar-refractivity contribution in [3.63, 3.8) is 0 Å². The van der Waals surface area contributed by atoms with E-state index in [1.807, 2.05) is 4.15 Å². The quantitative estimate of drug-likeness (QED) is 0.298. The second-order valence-electron chi connectivity index (χ2n) is 1.89. The van der Waals surface area contributed by atoms with Crippen LogP contribution in [0.3, 0.4) is 0 Å². The molecule has 0 unspecified atom stereocenters. The fourth-order valence-electron chi connectivity index (χ4n) is 0.621. The monoisotopic (exact) mass is 144 g/mol. The summed E-state index contributed by atoms with van der Waals surface area (Å²) in [5.74, 6) is 5.44. The maximum absolute atomic E-state index is 5.35. The van der Waals surface area contributed by atoms with Crippen molar-refractivity contribution < 1.29 is 4.15 Å². The molecule has 1 aromatic heterocycles. The van der Waals surface area contributed by atoms with Crippen molar-refractivity contribution in [2.24, 2.45) is 0 Å². The average molecular weight is 144 g/mol. The first kappa shape index (κ1) is 6.40. The SMILES string of the molecule is Nc1c(N)c(N)[o+](N)c1N. The Morgan fingerprint density at radius 3 is 1.20 bits per heavy atom. The minimum Gasteiger partial charge on any atom is -0.388 e. The zero-order valence-electron chi connectivity index (χ0n) is 5.29. The zero-order valence-corrected chi connectivity index (χ0v) is 5.29. The molecule has 1 heterocycles. The lowest BCUT2D eigenvalue weighted by molar-refractivity contribution is 0.277. The summed E-state index contributed by atoms with van der Waals surface area (Å²) in [6, 6.07) is 0. The van der Waals surface area contributed by atoms with E-state index in [0.717, 1.165) is 0 Å². The molecule has 0 aliphatic carbocycles. The second kappa shape index (κ2) is 1.63. The molecule has 0 spiro atoms. The number of rotatable bonds is 0. The Morgan fingerprint density at radius 1 is 0.800 bits per heavy atom. The molecule has 0 radical (unpaired) electrons. The van der Waals surface area contributed by atoms with Crippen LogP contribution in [0.5, 0.6) is 0 Å². The lowest BCUT2D eigenvalue weighted by Gasteiger charge is -1.91. The normalized spacial score (nSPS) is 10.0. The van der Waals surface area contributed by atoms with E-state index in [9.17, 15) is 0 Å². The molecule has 6 nitrogen and oxygen atoms in total. The molecule has 0 aliphatic heterocycles. The van der Waals surface area contributed by atoms with Crippen LogP contribution in [0.25, 0.3) is 0 Å². The minimum absolute atomic E-state index is 0.106. The van der Waals surface area contributed by atoms with Gasteiger partial charge in [0.25, 0.3) is 0 Å². The predicted molar refractivity (Wildman–Crippen MR) is 41.1 cm³/mol. The number of hydrogen-bond donors (Lipinski definition) is 5. The third kappa shape index (κ3) is 0.524. The molecule has 0 aromatic carbocycles. The van der Waals surface area contributed by atoms with Crippen molar-refractivity contribution in [2.75, 3.05) is 28.8 Å². The van der Waals surface area contributed by atoms with Gasteiger partial charge in [0.05, 0.1) is 0 Å². The first-order valence-electron chi connectivity index (χ1n) is 2.55. The van der Waals surface area contributed by atoms with E-state index in [4.69, 9.17) is 28.8 Å². The number of nitrogen functional groups attached to an aromatic ring is 5. The summed E-state index contributed by atoms with van der Waals surface area (Å²) in [5, 5.41) is 0. The van der Waals surface area contributed by atoms with Crippen molar-refractivity contribution in [1.29, 1.82) is 0 Å². The van der Waals surface area contributed by atoms with E-state index >= 15 is 0 Å². The molecule has 0 saturated heterocycles. The van der Waals surface area contributed by atoms with Crippen LogP contribution in [0.1, 0.15) is 0 Å². The number of nitrogens with two attached hydrogens (primary N) is 5. The molecule has 0 fully saturated rings. The molecule has 0 saturated carbocycles. The van der Waals surface area contributed by atoms with Gasteiger partial charge in [-0.05, 0) is 0 Å². The van der Waals surface area contributed by atoms with E-state index in [2.05, 4.69) is 0 Å². The smallest absolute Gasteiger partial charge is 0.388 e. The van der Waals surface area contributed by atoms with Crippen molar-refractivity contribution in [2.45, 2.75) is 0 Å². The third-order valence-corrected chi connectivity index (χ3v) is 1.29. The minimum atomic E-state index is 0.106. The Kier molecular flexibility index (Phi) is 1.04. The Hall–Kier alpha value is -1.72. The van der Waals surface area contributed by atoms with Crippen LogP contribution >= 0.6 is 0 Å². The molecule has 0 atom stereocenters. The first-order chi connectivity index (χ1) is 4.55. The van der Waals surface area contributed by atoms with E-state index < -0.39 is 0 Å². The zero-order chi connectivity index (χ0) is 7.89. The van der Waals surface area contributed by atoms with E-state index in [0.29, 0.717) is 0 Å². The standard InChI is InChI=1S/C4H10N5O/c5-1-2(6)4(8)10(9)3(1)7/h5-9H2/q+1. The third-order valence-electron chi connectivity index (χ3n) is 1.29. The summed E-state index contributed by atoms with van der Waals surface area (Å²) in [6.07, 6.45) is 0. The molecule has 56 valence electrons. The van der Waals surface area contributed by atoms with Gasteiger partial charge in [-0.15, -0.1) is 0 Å². The Bertz CT molecular complexity index is 185. The first-order valence-corrected chi connectivity index (χ1v) is 2.55. The Morgan fingerprint density at radius 2 is 1.10 bits per heavy atom. The Labute approximate surface area is 57.2 Å². The fourth-order valence-corrected chi connectivity index (χ4v) is 0.621. The fraction of sp³-hybridized carbons (Fsp3) is 0. The van der Waals surface area contributed by atoms with Crippen LogP contribution in [0, 0.1) is 0 Å². The molecule has 1 rings (SSSR count). The molecule has 10 N–H and O–H groups in total. The molecule has 6 heteroatoms. The largest absolute Gasteiger partial charge is 0.395 e. The number of furan rings is 1. The van der Waals surface area contributed by atoms with Crippen molar-refractivity contribution in [1.82, 2.24) is 0 Å². The number of anilines is 4. The molecule has 10 heavy (non-hydrogen) atoms. The molecule has 0 amide bonds. The van der Waals surface area contributed by atoms with Crippen LogP contribution in [0.4, 0.5) is 23.1 Å². The van der Waals surface area contributed by atoms with Gasteiger partial charge >= 0.3 is 11.8 Å².